The SMILES string of the molecule is CCCCN(Cc1csc(C(C)C)n1)C(=O)N[C@@H](C)C(=O)N[C@@H](Cc1ccccc1)C[C@H](O)[C@H](Cc1ccccc1)NC(=O)OCc1cncs1. The van der Waals surface area contributed by atoms with Crippen molar-refractivity contribution >= 4 is 40.7 Å². The van der Waals surface area contributed by atoms with Gasteiger partial charge in [0, 0.05) is 30.1 Å². The number of unbranched alkanes of at least 4 members (excludes halogenated alkanes) is 1. The number of ether oxygens (including phenoxy) is 1. The fourth-order valence-corrected chi connectivity index (χ4v) is 6.80. The number of nitrogens with zero attached hydrogens (tertiary/aromatic N) is 3. The van der Waals surface area contributed by atoms with Crippen LogP contribution < -0.4 is 16.0 Å². The summed E-state index contributed by atoms with van der Waals surface area (Å²) in [5.74, 6) is -0.0701. The second-order valence-corrected chi connectivity index (χ2v) is 14.8. The molecule has 4 amide bonds. The Balaban J connectivity index is 1.44. The van der Waals surface area contributed by atoms with Crippen molar-refractivity contribution in [1.82, 2.24) is 30.8 Å². The Labute approximate surface area is 308 Å². The number of carbonyl (C=O) groups excluding carboxylic acids is 3. The van der Waals surface area contributed by atoms with E-state index in [2.05, 4.69) is 41.7 Å². The quantitative estimate of drug-likeness (QED) is 0.0868. The van der Waals surface area contributed by atoms with E-state index < -0.39 is 30.3 Å². The van der Waals surface area contributed by atoms with Crippen molar-refractivity contribution in [3.05, 3.63) is 104 Å². The van der Waals surface area contributed by atoms with Crippen molar-refractivity contribution in [2.75, 3.05) is 6.54 Å². The number of benzene rings is 2. The topological polar surface area (TPSA) is 146 Å². The summed E-state index contributed by atoms with van der Waals surface area (Å²) in [5.41, 5.74) is 4.39. The minimum Gasteiger partial charge on any atom is -0.444 e. The maximum atomic E-state index is 13.6. The van der Waals surface area contributed by atoms with Crippen LogP contribution in [0.1, 0.15) is 79.6 Å². The molecule has 0 bridgehead atoms. The average Bonchev–Trinajstić information content (AvgIpc) is 3.82. The molecular weight excluding hydrogens is 685 g/mol. The number of hydrogen-bond donors (Lipinski definition) is 4. The Morgan fingerprint density at radius 1 is 0.922 bits per heavy atom. The van der Waals surface area contributed by atoms with Crippen molar-refractivity contribution in [3.8, 4) is 0 Å². The molecule has 0 saturated heterocycles. The molecule has 0 aliphatic carbocycles. The molecule has 4 N–H and O–H groups in total. The molecule has 4 rings (SSSR count). The monoisotopic (exact) mass is 734 g/mol. The van der Waals surface area contributed by atoms with E-state index in [9.17, 15) is 19.5 Å². The maximum Gasteiger partial charge on any atom is 0.407 e. The molecule has 0 saturated carbocycles. The first kappa shape index (κ1) is 39.5. The maximum absolute atomic E-state index is 13.6. The Hall–Kier alpha value is -4.33. The number of carbonyl (C=O) groups is 3. The highest BCUT2D eigenvalue weighted by atomic mass is 32.1. The third kappa shape index (κ3) is 13.4. The van der Waals surface area contributed by atoms with Gasteiger partial charge in [0.1, 0.15) is 12.6 Å². The standard InChI is InChI=1S/C38H50N6O5S2/c1-5-6-17-44(22-31-24-50-36(42-31)26(2)3)37(47)40-27(4)35(46)41-30(18-28-13-9-7-10-14-28)20-34(45)33(19-29-15-11-8-12-16-29)43-38(48)49-23-32-21-39-25-51-32/h7-16,21,24-27,30,33-34,45H,5-6,17-20,22-23H2,1-4H3,(H,40,47)(H,41,46)(H,43,48)/t27-,30-,33-,34-/m0/s1. The van der Waals surface area contributed by atoms with Gasteiger partial charge in [-0.05, 0) is 43.7 Å². The van der Waals surface area contributed by atoms with E-state index in [4.69, 9.17) is 9.72 Å². The molecule has 274 valence electrons. The molecule has 0 radical (unpaired) electrons. The van der Waals surface area contributed by atoms with Gasteiger partial charge in [-0.1, -0.05) is 87.9 Å². The molecule has 0 fully saturated rings. The molecule has 2 aromatic carbocycles. The normalized spacial score (nSPS) is 13.5. The summed E-state index contributed by atoms with van der Waals surface area (Å²) in [6.07, 6.45) is 2.60. The van der Waals surface area contributed by atoms with Crippen LogP contribution in [0.4, 0.5) is 9.59 Å². The van der Waals surface area contributed by atoms with E-state index in [0.29, 0.717) is 31.8 Å². The minimum absolute atomic E-state index is 0.0690. The number of alkyl carbamates (subject to hydrolysis) is 1. The minimum atomic E-state index is -1.04. The lowest BCUT2D eigenvalue weighted by atomic mass is 9.93. The van der Waals surface area contributed by atoms with Gasteiger partial charge in [0.2, 0.25) is 5.91 Å². The molecule has 4 atom stereocenters. The zero-order chi connectivity index (χ0) is 36.6. The largest absolute Gasteiger partial charge is 0.444 e. The summed E-state index contributed by atoms with van der Waals surface area (Å²) in [5, 5.41) is 23.4. The molecule has 0 unspecified atom stereocenters. The number of nitrogens with one attached hydrogen (secondary N) is 3. The van der Waals surface area contributed by atoms with Gasteiger partial charge < -0.3 is 30.7 Å². The van der Waals surface area contributed by atoms with Gasteiger partial charge in [0.05, 0.1) is 39.8 Å². The summed E-state index contributed by atoms with van der Waals surface area (Å²) in [4.78, 5) is 51.2. The zero-order valence-corrected chi connectivity index (χ0v) is 31.4. The molecule has 13 heteroatoms. The summed E-state index contributed by atoms with van der Waals surface area (Å²) in [6.45, 7) is 8.87. The van der Waals surface area contributed by atoms with Crippen LogP contribution >= 0.6 is 22.7 Å². The van der Waals surface area contributed by atoms with E-state index in [1.54, 1.807) is 34.9 Å². The number of urea groups is 1. The second-order valence-electron chi connectivity index (χ2n) is 13.0. The van der Waals surface area contributed by atoms with Crippen LogP contribution in [-0.2, 0) is 35.5 Å². The molecule has 2 heterocycles. The molecule has 0 aliphatic heterocycles. The van der Waals surface area contributed by atoms with Crippen molar-refractivity contribution in [2.24, 2.45) is 0 Å². The molecule has 2 aromatic heterocycles. The Bertz CT molecular complexity index is 1620. The van der Waals surface area contributed by atoms with Crippen LogP contribution in [0.5, 0.6) is 0 Å². The fourth-order valence-electron chi connectivity index (χ4n) is 5.47. The zero-order valence-electron chi connectivity index (χ0n) is 29.8. The van der Waals surface area contributed by atoms with Gasteiger partial charge in [-0.15, -0.1) is 22.7 Å². The number of rotatable bonds is 19. The van der Waals surface area contributed by atoms with Crippen molar-refractivity contribution in [2.45, 2.75) is 103 Å². The summed E-state index contributed by atoms with van der Waals surface area (Å²) in [7, 11) is 0. The number of aromatic nitrogens is 2. The van der Waals surface area contributed by atoms with Crippen LogP contribution in [0.25, 0.3) is 0 Å². The lowest BCUT2D eigenvalue weighted by Crippen LogP contribution is -2.53. The predicted octanol–water partition coefficient (Wildman–Crippen LogP) is 6.44. The van der Waals surface area contributed by atoms with Crippen LogP contribution in [-0.4, -0.2) is 68.8 Å². The number of aliphatic hydroxyl groups excluding tert-OH is 1. The van der Waals surface area contributed by atoms with E-state index in [0.717, 1.165) is 39.5 Å². The number of thiazole rings is 2. The van der Waals surface area contributed by atoms with E-state index in [1.165, 1.54) is 11.3 Å². The first-order valence-electron chi connectivity index (χ1n) is 17.5. The van der Waals surface area contributed by atoms with E-state index >= 15 is 0 Å². The molecular formula is C38H50N6O5S2. The number of hydrogen-bond acceptors (Lipinski definition) is 9. The van der Waals surface area contributed by atoms with Crippen molar-refractivity contribution in [1.29, 1.82) is 0 Å². The smallest absolute Gasteiger partial charge is 0.407 e. The van der Waals surface area contributed by atoms with Gasteiger partial charge in [0.25, 0.3) is 0 Å². The Morgan fingerprint density at radius 3 is 2.22 bits per heavy atom. The second kappa shape index (κ2) is 20.5. The van der Waals surface area contributed by atoms with Gasteiger partial charge in [-0.3, -0.25) is 9.78 Å². The first-order chi connectivity index (χ1) is 24.6. The number of aliphatic hydroxyl groups is 1. The lowest BCUT2D eigenvalue weighted by Gasteiger charge is -2.29. The highest BCUT2D eigenvalue weighted by molar-refractivity contribution is 7.09. The van der Waals surface area contributed by atoms with E-state index in [1.807, 2.05) is 66.0 Å². The summed E-state index contributed by atoms with van der Waals surface area (Å²) in [6, 6.07) is 16.8. The highest BCUT2D eigenvalue weighted by Crippen LogP contribution is 2.20. The third-order valence-electron chi connectivity index (χ3n) is 8.31. The van der Waals surface area contributed by atoms with Crippen molar-refractivity contribution in [3.63, 3.8) is 0 Å². The van der Waals surface area contributed by atoms with Gasteiger partial charge in [-0.25, -0.2) is 14.6 Å². The van der Waals surface area contributed by atoms with Gasteiger partial charge in [0.15, 0.2) is 0 Å². The first-order valence-corrected chi connectivity index (χ1v) is 19.2. The molecule has 4 aromatic rings. The molecule has 11 nitrogen and oxygen atoms in total. The average molecular weight is 735 g/mol. The Kier molecular flexibility index (Phi) is 15.9. The summed E-state index contributed by atoms with van der Waals surface area (Å²) < 4.78 is 5.42. The van der Waals surface area contributed by atoms with Crippen LogP contribution in [0, 0.1) is 0 Å². The van der Waals surface area contributed by atoms with Gasteiger partial charge in [-0.2, -0.15) is 0 Å². The van der Waals surface area contributed by atoms with Crippen LogP contribution in [0.15, 0.2) is 77.8 Å². The lowest BCUT2D eigenvalue weighted by molar-refractivity contribution is -0.123. The molecule has 51 heavy (non-hydrogen) atoms. The van der Waals surface area contributed by atoms with Crippen LogP contribution in [0.3, 0.4) is 0 Å². The van der Waals surface area contributed by atoms with Crippen LogP contribution in [0.2, 0.25) is 0 Å². The van der Waals surface area contributed by atoms with Gasteiger partial charge >= 0.3 is 12.1 Å². The third-order valence-corrected chi connectivity index (χ3v) is 10.3. The Morgan fingerprint density at radius 2 is 1.61 bits per heavy atom. The number of amides is 4. The fraction of sp³-hybridized carbons (Fsp3) is 0.447. The predicted molar refractivity (Wildman–Crippen MR) is 202 cm³/mol. The molecule has 0 spiro atoms. The van der Waals surface area contributed by atoms with E-state index in [-0.39, 0.29) is 25.0 Å². The molecule has 0 aliphatic rings. The summed E-state index contributed by atoms with van der Waals surface area (Å²) >= 11 is 2.97. The highest BCUT2D eigenvalue weighted by Gasteiger charge is 2.29. The van der Waals surface area contributed by atoms with Crippen molar-refractivity contribution < 1.29 is 24.2 Å².